The number of aliphatic hydroxyl groups excluding tert-OH is 8. The average Bonchev–Trinajstić information content (AvgIpc) is 2.56. The molecular weight excluding hydrogens is 320 g/mol. The maximum absolute atomic E-state index is 10.8. The highest BCUT2D eigenvalue weighted by molar-refractivity contribution is 5.59. The molecule has 9 atom stereocenters. The van der Waals surface area contributed by atoms with Crippen molar-refractivity contribution in [1.82, 2.24) is 0 Å². The van der Waals surface area contributed by atoms with Gasteiger partial charge in [0.15, 0.2) is 11.9 Å². The molecule has 0 amide bonds. The molecule has 1 aliphatic heterocycles. The molecule has 1 fully saturated rings. The Labute approximate surface area is 130 Å². The van der Waals surface area contributed by atoms with Crippen molar-refractivity contribution in [2.75, 3.05) is 13.2 Å². The van der Waals surface area contributed by atoms with E-state index in [1.54, 1.807) is 0 Å². The molecule has 1 heterocycles. The second-order valence-electron chi connectivity index (χ2n) is 5.41. The van der Waals surface area contributed by atoms with Crippen LogP contribution in [-0.4, -0.2) is 120 Å². The standard InChI is InChI=1S/C12H22O11/c13-1-4(16)10(21)12(22,6(17)3-15)11-9(20)8(19)7(18)5(2-14)23-11/h3-11,13-14,16-22H,1-2H2/t4-,5-,6+,7+,8+,9-,10+,11-,12-/m1/s1. The average molecular weight is 342 g/mol. The van der Waals surface area contributed by atoms with Crippen LogP contribution in [0.25, 0.3) is 0 Å². The summed E-state index contributed by atoms with van der Waals surface area (Å²) in [5, 5.41) is 86.9. The summed E-state index contributed by atoms with van der Waals surface area (Å²) in [5.74, 6) is 0. The smallest absolute Gasteiger partial charge is 0.154 e. The molecule has 0 spiro atoms. The first-order valence-electron chi connectivity index (χ1n) is 6.79. The van der Waals surface area contributed by atoms with Gasteiger partial charge in [0.2, 0.25) is 0 Å². The lowest BCUT2D eigenvalue weighted by atomic mass is 9.76. The van der Waals surface area contributed by atoms with Gasteiger partial charge in [-0.15, -0.1) is 0 Å². The van der Waals surface area contributed by atoms with Gasteiger partial charge in [-0.1, -0.05) is 0 Å². The van der Waals surface area contributed by atoms with Crippen molar-refractivity contribution in [2.24, 2.45) is 0 Å². The molecule has 11 nitrogen and oxygen atoms in total. The number of aldehydes is 1. The third kappa shape index (κ3) is 3.53. The van der Waals surface area contributed by atoms with Crippen molar-refractivity contribution in [3.8, 4) is 0 Å². The van der Waals surface area contributed by atoms with E-state index in [0.717, 1.165) is 0 Å². The van der Waals surface area contributed by atoms with E-state index in [4.69, 9.17) is 14.9 Å². The van der Waals surface area contributed by atoms with Crippen LogP contribution in [-0.2, 0) is 9.53 Å². The minimum atomic E-state index is -3.04. The monoisotopic (exact) mass is 342 g/mol. The lowest BCUT2D eigenvalue weighted by Crippen LogP contribution is -2.73. The number of carbonyl (C=O) groups excluding carboxylic acids is 1. The van der Waals surface area contributed by atoms with Gasteiger partial charge in [-0.2, -0.15) is 0 Å². The molecule has 0 bridgehead atoms. The van der Waals surface area contributed by atoms with Gasteiger partial charge in [-0.05, 0) is 0 Å². The highest BCUT2D eigenvalue weighted by atomic mass is 16.6. The largest absolute Gasteiger partial charge is 0.394 e. The summed E-state index contributed by atoms with van der Waals surface area (Å²) in [4.78, 5) is 10.8. The molecule has 1 saturated heterocycles. The molecule has 0 aliphatic carbocycles. The van der Waals surface area contributed by atoms with Crippen LogP contribution >= 0.6 is 0 Å². The van der Waals surface area contributed by atoms with Crippen molar-refractivity contribution in [3.05, 3.63) is 0 Å². The van der Waals surface area contributed by atoms with Crippen molar-refractivity contribution in [2.45, 2.75) is 54.4 Å². The highest BCUT2D eigenvalue weighted by Gasteiger charge is 2.59. The van der Waals surface area contributed by atoms with Crippen LogP contribution in [0.3, 0.4) is 0 Å². The lowest BCUT2D eigenvalue weighted by Gasteiger charge is -2.49. The third-order valence-corrected chi connectivity index (χ3v) is 3.98. The predicted octanol–water partition coefficient (Wildman–Crippen LogP) is -6.17. The lowest BCUT2D eigenvalue weighted by molar-refractivity contribution is -0.305. The SMILES string of the molecule is O=C[C@H](O)[C@](O)([C@@H]1O[C@H](CO)[C@H](O)[C@H](O)[C@H]1O)[C@@H](O)[C@H](O)CO. The molecule has 0 unspecified atom stereocenters. The molecule has 1 aliphatic rings. The zero-order valence-electron chi connectivity index (χ0n) is 12.0. The molecule has 0 aromatic heterocycles. The van der Waals surface area contributed by atoms with E-state index < -0.39 is 67.6 Å². The quantitative estimate of drug-likeness (QED) is 0.199. The van der Waals surface area contributed by atoms with E-state index in [1.165, 1.54) is 0 Å². The van der Waals surface area contributed by atoms with Gasteiger partial charge < -0.3 is 55.5 Å². The first-order chi connectivity index (χ1) is 10.7. The van der Waals surface area contributed by atoms with Crippen LogP contribution in [0.1, 0.15) is 0 Å². The highest BCUT2D eigenvalue weighted by Crippen LogP contribution is 2.33. The summed E-state index contributed by atoms with van der Waals surface area (Å²) in [6, 6.07) is 0. The Balaban J connectivity index is 3.27. The molecule has 9 N–H and O–H groups in total. The van der Waals surface area contributed by atoms with Crippen LogP contribution in [0.4, 0.5) is 0 Å². The van der Waals surface area contributed by atoms with Gasteiger partial charge in [0.25, 0.3) is 0 Å². The van der Waals surface area contributed by atoms with E-state index in [9.17, 15) is 40.5 Å². The number of aliphatic hydroxyl groups is 9. The Kier molecular flexibility index (Phi) is 6.97. The molecule has 0 radical (unpaired) electrons. The fourth-order valence-electron chi connectivity index (χ4n) is 2.51. The summed E-state index contributed by atoms with van der Waals surface area (Å²) in [7, 11) is 0. The van der Waals surface area contributed by atoms with Gasteiger partial charge >= 0.3 is 0 Å². The van der Waals surface area contributed by atoms with Crippen molar-refractivity contribution < 1.29 is 55.5 Å². The Morgan fingerprint density at radius 1 is 1.04 bits per heavy atom. The maximum atomic E-state index is 10.8. The van der Waals surface area contributed by atoms with Crippen LogP contribution in [0, 0.1) is 0 Å². The Morgan fingerprint density at radius 3 is 2.04 bits per heavy atom. The molecule has 11 heteroatoms. The van der Waals surface area contributed by atoms with Gasteiger partial charge in [-0.3, -0.25) is 0 Å². The van der Waals surface area contributed by atoms with Crippen LogP contribution in [0.2, 0.25) is 0 Å². The van der Waals surface area contributed by atoms with E-state index >= 15 is 0 Å². The molecule has 0 saturated carbocycles. The van der Waals surface area contributed by atoms with Crippen molar-refractivity contribution in [3.63, 3.8) is 0 Å². The topological polar surface area (TPSA) is 208 Å². The molecular formula is C12H22O11. The third-order valence-electron chi connectivity index (χ3n) is 3.98. The number of hydrogen-bond acceptors (Lipinski definition) is 11. The fraction of sp³-hybridized carbons (Fsp3) is 0.917. The minimum absolute atomic E-state index is 0.214. The van der Waals surface area contributed by atoms with Gasteiger partial charge in [0.05, 0.1) is 13.2 Å². The van der Waals surface area contributed by atoms with Crippen molar-refractivity contribution in [1.29, 1.82) is 0 Å². The summed E-state index contributed by atoms with van der Waals surface area (Å²) in [5.41, 5.74) is -3.04. The zero-order chi connectivity index (χ0) is 17.9. The summed E-state index contributed by atoms with van der Waals surface area (Å²) >= 11 is 0. The molecule has 0 aromatic carbocycles. The summed E-state index contributed by atoms with van der Waals surface area (Å²) in [6.45, 7) is -1.92. The number of rotatable bonds is 7. The second-order valence-corrected chi connectivity index (χ2v) is 5.41. The first kappa shape index (κ1) is 20.3. The Bertz CT molecular complexity index is 391. The van der Waals surface area contributed by atoms with E-state index in [1.807, 2.05) is 0 Å². The van der Waals surface area contributed by atoms with E-state index in [0.29, 0.717) is 0 Å². The molecule has 23 heavy (non-hydrogen) atoms. The predicted molar refractivity (Wildman–Crippen MR) is 69.9 cm³/mol. The Hall–Kier alpha value is -0.730. The van der Waals surface area contributed by atoms with Crippen LogP contribution in [0.5, 0.6) is 0 Å². The van der Waals surface area contributed by atoms with Crippen LogP contribution < -0.4 is 0 Å². The Morgan fingerprint density at radius 2 is 1.61 bits per heavy atom. The molecule has 0 aromatic rings. The van der Waals surface area contributed by atoms with Crippen LogP contribution in [0.15, 0.2) is 0 Å². The van der Waals surface area contributed by atoms with E-state index in [-0.39, 0.29) is 6.29 Å². The number of hydrogen-bond donors (Lipinski definition) is 9. The fourth-order valence-corrected chi connectivity index (χ4v) is 2.51. The maximum Gasteiger partial charge on any atom is 0.154 e. The summed E-state index contributed by atoms with van der Waals surface area (Å²) in [6.07, 6.45) is -16.4. The minimum Gasteiger partial charge on any atom is -0.394 e. The van der Waals surface area contributed by atoms with E-state index in [2.05, 4.69) is 0 Å². The second kappa shape index (κ2) is 7.90. The van der Waals surface area contributed by atoms with Gasteiger partial charge in [0, 0.05) is 0 Å². The molecule has 136 valence electrons. The number of carbonyl (C=O) groups is 1. The normalized spacial score (nSPS) is 38.4. The number of ether oxygens (including phenoxy) is 1. The van der Waals surface area contributed by atoms with Crippen molar-refractivity contribution >= 4 is 6.29 Å². The first-order valence-corrected chi connectivity index (χ1v) is 6.79. The summed E-state index contributed by atoms with van der Waals surface area (Å²) < 4.78 is 5.00. The van der Waals surface area contributed by atoms with Gasteiger partial charge in [-0.25, -0.2) is 0 Å². The molecule has 1 rings (SSSR count). The van der Waals surface area contributed by atoms with Gasteiger partial charge in [0.1, 0.15) is 48.8 Å². The zero-order valence-corrected chi connectivity index (χ0v) is 12.0.